The Balaban J connectivity index is 2.30. The summed E-state index contributed by atoms with van der Waals surface area (Å²) in [6.45, 7) is 2.53. The predicted octanol–water partition coefficient (Wildman–Crippen LogP) is 0.868. The molecular formula is C12H16N2O4. The Hall–Kier alpha value is -2.24. The highest BCUT2D eigenvalue weighted by Gasteiger charge is 2.09. The highest BCUT2D eigenvalue weighted by molar-refractivity contribution is 5.96. The zero-order valence-electron chi connectivity index (χ0n) is 10.1. The molecule has 1 aromatic rings. The third-order valence-corrected chi connectivity index (χ3v) is 2.10. The molecule has 0 atom stereocenters. The molecule has 0 fully saturated rings. The standard InChI is InChI=1S/C12H16N2O4/c1-2-18-12(17)14-8-7-13-11(16)9-5-3-4-6-10(9)15/h3-6,15H,2,7-8H2,1H3,(H,13,16)(H,14,17). The molecule has 6 nitrogen and oxygen atoms in total. The van der Waals surface area contributed by atoms with E-state index in [1.54, 1.807) is 19.1 Å². The molecule has 1 aromatic carbocycles. The maximum absolute atomic E-state index is 11.6. The molecule has 0 bridgehead atoms. The maximum Gasteiger partial charge on any atom is 0.407 e. The van der Waals surface area contributed by atoms with Crippen molar-refractivity contribution in [3.8, 4) is 5.75 Å². The van der Waals surface area contributed by atoms with E-state index in [-0.39, 0.29) is 24.4 Å². The van der Waals surface area contributed by atoms with E-state index in [0.29, 0.717) is 6.61 Å². The van der Waals surface area contributed by atoms with Gasteiger partial charge in [-0.3, -0.25) is 4.79 Å². The average molecular weight is 252 g/mol. The van der Waals surface area contributed by atoms with E-state index in [0.717, 1.165) is 0 Å². The zero-order chi connectivity index (χ0) is 13.4. The number of benzene rings is 1. The monoisotopic (exact) mass is 252 g/mol. The average Bonchev–Trinajstić information content (AvgIpc) is 2.35. The third kappa shape index (κ3) is 4.32. The van der Waals surface area contributed by atoms with Crippen LogP contribution in [0.3, 0.4) is 0 Å². The Labute approximate surface area is 105 Å². The van der Waals surface area contributed by atoms with Crippen LogP contribution in [0, 0.1) is 0 Å². The van der Waals surface area contributed by atoms with Crippen LogP contribution in [0.15, 0.2) is 24.3 Å². The Bertz CT molecular complexity index is 420. The van der Waals surface area contributed by atoms with Gasteiger partial charge in [-0.15, -0.1) is 0 Å². The molecular weight excluding hydrogens is 236 g/mol. The molecule has 0 aliphatic heterocycles. The van der Waals surface area contributed by atoms with E-state index in [4.69, 9.17) is 0 Å². The first-order valence-corrected chi connectivity index (χ1v) is 5.62. The van der Waals surface area contributed by atoms with Crippen molar-refractivity contribution in [1.29, 1.82) is 0 Å². The first-order chi connectivity index (χ1) is 8.65. The summed E-state index contributed by atoms with van der Waals surface area (Å²) in [5.74, 6) is -0.466. The normalized spacial score (nSPS) is 9.61. The van der Waals surface area contributed by atoms with Crippen LogP contribution in [0.25, 0.3) is 0 Å². The van der Waals surface area contributed by atoms with Gasteiger partial charge >= 0.3 is 6.09 Å². The zero-order valence-corrected chi connectivity index (χ0v) is 10.1. The van der Waals surface area contributed by atoms with Gasteiger partial charge in [0.05, 0.1) is 12.2 Å². The van der Waals surface area contributed by atoms with Crippen LogP contribution in [0.5, 0.6) is 5.75 Å². The number of hydrogen-bond donors (Lipinski definition) is 3. The number of amides is 2. The van der Waals surface area contributed by atoms with Crippen molar-refractivity contribution in [2.24, 2.45) is 0 Å². The second-order valence-electron chi connectivity index (χ2n) is 3.42. The molecule has 0 unspecified atom stereocenters. The minimum Gasteiger partial charge on any atom is -0.507 e. The van der Waals surface area contributed by atoms with Crippen LogP contribution >= 0.6 is 0 Å². The molecule has 6 heteroatoms. The van der Waals surface area contributed by atoms with Gasteiger partial charge in [0.15, 0.2) is 0 Å². The van der Waals surface area contributed by atoms with Crippen molar-refractivity contribution in [3.63, 3.8) is 0 Å². The summed E-state index contributed by atoms with van der Waals surface area (Å²) < 4.78 is 4.65. The SMILES string of the molecule is CCOC(=O)NCCNC(=O)c1ccccc1O. The van der Waals surface area contributed by atoms with Crippen molar-refractivity contribution in [2.45, 2.75) is 6.92 Å². The number of alkyl carbamates (subject to hydrolysis) is 1. The summed E-state index contributed by atoms with van der Waals surface area (Å²) in [5.41, 5.74) is 0.202. The van der Waals surface area contributed by atoms with Gasteiger partial charge in [0, 0.05) is 13.1 Å². The number of nitrogens with one attached hydrogen (secondary N) is 2. The van der Waals surface area contributed by atoms with Crippen molar-refractivity contribution < 1.29 is 19.4 Å². The Kier molecular flexibility index (Phi) is 5.50. The lowest BCUT2D eigenvalue weighted by Gasteiger charge is -2.07. The lowest BCUT2D eigenvalue weighted by Crippen LogP contribution is -2.34. The molecule has 0 aromatic heterocycles. The van der Waals surface area contributed by atoms with Crippen molar-refractivity contribution in [3.05, 3.63) is 29.8 Å². The van der Waals surface area contributed by atoms with E-state index >= 15 is 0 Å². The van der Waals surface area contributed by atoms with E-state index < -0.39 is 12.0 Å². The molecule has 2 amide bonds. The van der Waals surface area contributed by atoms with Gasteiger partial charge in [-0.2, -0.15) is 0 Å². The van der Waals surface area contributed by atoms with E-state index in [1.807, 2.05) is 0 Å². The largest absolute Gasteiger partial charge is 0.507 e. The summed E-state index contributed by atoms with van der Waals surface area (Å²) in [7, 11) is 0. The summed E-state index contributed by atoms with van der Waals surface area (Å²) in [6.07, 6.45) is -0.519. The first-order valence-electron chi connectivity index (χ1n) is 5.62. The van der Waals surface area contributed by atoms with E-state index in [2.05, 4.69) is 15.4 Å². The summed E-state index contributed by atoms with van der Waals surface area (Å²) in [4.78, 5) is 22.5. The number of phenols is 1. The molecule has 0 heterocycles. The number of para-hydroxylation sites is 1. The van der Waals surface area contributed by atoms with Gasteiger partial charge in [-0.1, -0.05) is 12.1 Å². The number of aromatic hydroxyl groups is 1. The number of ether oxygens (including phenoxy) is 1. The molecule has 1 rings (SSSR count). The second-order valence-corrected chi connectivity index (χ2v) is 3.42. The van der Waals surface area contributed by atoms with E-state index in [1.165, 1.54) is 12.1 Å². The van der Waals surface area contributed by atoms with Crippen LogP contribution in [-0.2, 0) is 4.74 Å². The van der Waals surface area contributed by atoms with Gasteiger partial charge in [0.25, 0.3) is 5.91 Å². The Morgan fingerprint density at radius 1 is 1.22 bits per heavy atom. The lowest BCUT2D eigenvalue weighted by atomic mass is 10.2. The molecule has 18 heavy (non-hydrogen) atoms. The van der Waals surface area contributed by atoms with Crippen molar-refractivity contribution in [1.82, 2.24) is 10.6 Å². The minimum atomic E-state index is -0.519. The van der Waals surface area contributed by atoms with Crippen molar-refractivity contribution >= 4 is 12.0 Å². The fraction of sp³-hybridized carbons (Fsp3) is 0.333. The van der Waals surface area contributed by atoms with Crippen LogP contribution in [0.1, 0.15) is 17.3 Å². The third-order valence-electron chi connectivity index (χ3n) is 2.10. The fourth-order valence-corrected chi connectivity index (χ4v) is 1.28. The summed E-state index contributed by atoms with van der Waals surface area (Å²) in [5, 5.41) is 14.5. The maximum atomic E-state index is 11.6. The predicted molar refractivity (Wildman–Crippen MR) is 65.5 cm³/mol. The molecule has 0 radical (unpaired) electrons. The summed E-state index contributed by atoms with van der Waals surface area (Å²) >= 11 is 0. The van der Waals surface area contributed by atoms with Gasteiger partial charge in [-0.25, -0.2) is 4.79 Å². The highest BCUT2D eigenvalue weighted by atomic mass is 16.5. The molecule has 0 aliphatic rings. The van der Waals surface area contributed by atoms with Crippen LogP contribution in [0.4, 0.5) is 4.79 Å². The Morgan fingerprint density at radius 3 is 2.56 bits per heavy atom. The van der Waals surface area contributed by atoms with Crippen molar-refractivity contribution in [2.75, 3.05) is 19.7 Å². The topological polar surface area (TPSA) is 87.7 Å². The van der Waals surface area contributed by atoms with Gasteiger partial charge in [-0.05, 0) is 19.1 Å². The number of carbonyl (C=O) groups excluding carboxylic acids is 2. The molecule has 0 saturated carbocycles. The quantitative estimate of drug-likeness (QED) is 0.678. The molecule has 0 saturated heterocycles. The van der Waals surface area contributed by atoms with Gasteiger partial charge in [0.2, 0.25) is 0 Å². The number of rotatable bonds is 5. The first kappa shape index (κ1) is 13.8. The summed E-state index contributed by atoms with van der Waals surface area (Å²) in [6, 6.07) is 6.25. The van der Waals surface area contributed by atoms with Gasteiger partial charge in [0.1, 0.15) is 5.75 Å². The molecule has 0 spiro atoms. The lowest BCUT2D eigenvalue weighted by molar-refractivity contribution is 0.0949. The van der Waals surface area contributed by atoms with Gasteiger partial charge < -0.3 is 20.5 Å². The molecule has 0 aliphatic carbocycles. The smallest absolute Gasteiger partial charge is 0.407 e. The van der Waals surface area contributed by atoms with E-state index in [9.17, 15) is 14.7 Å². The Morgan fingerprint density at radius 2 is 1.89 bits per heavy atom. The molecule has 3 N–H and O–H groups in total. The fourth-order valence-electron chi connectivity index (χ4n) is 1.28. The minimum absolute atomic E-state index is 0.0756. The second kappa shape index (κ2) is 7.16. The number of carbonyl (C=O) groups is 2. The van der Waals surface area contributed by atoms with Crippen LogP contribution in [0.2, 0.25) is 0 Å². The number of hydrogen-bond acceptors (Lipinski definition) is 4. The van der Waals surface area contributed by atoms with Crippen LogP contribution in [-0.4, -0.2) is 36.8 Å². The van der Waals surface area contributed by atoms with Crippen LogP contribution < -0.4 is 10.6 Å². The number of phenolic OH excluding ortho intramolecular Hbond substituents is 1. The molecule has 98 valence electrons. The highest BCUT2D eigenvalue weighted by Crippen LogP contribution is 2.14.